The van der Waals surface area contributed by atoms with Gasteiger partial charge in [-0.25, -0.2) is 9.78 Å². The monoisotopic (exact) mass is 274 g/mol. The van der Waals surface area contributed by atoms with E-state index in [9.17, 15) is 14.7 Å². The summed E-state index contributed by atoms with van der Waals surface area (Å²) in [4.78, 5) is 29.0. The third-order valence-corrected chi connectivity index (χ3v) is 3.72. The van der Waals surface area contributed by atoms with Gasteiger partial charge in [-0.1, -0.05) is 18.2 Å². The molecule has 1 aliphatic rings. The molecule has 1 unspecified atom stereocenters. The minimum absolute atomic E-state index is 0.285. The molecular formula is C13H10N2O3S. The van der Waals surface area contributed by atoms with Gasteiger partial charge in [0.15, 0.2) is 0 Å². The van der Waals surface area contributed by atoms with Crippen LogP contribution in [0, 0.1) is 0 Å². The van der Waals surface area contributed by atoms with Crippen LogP contribution in [0.1, 0.15) is 16.1 Å². The number of anilines is 1. The van der Waals surface area contributed by atoms with Crippen molar-refractivity contribution in [2.45, 2.75) is 12.5 Å². The van der Waals surface area contributed by atoms with Gasteiger partial charge in [-0.15, -0.1) is 11.3 Å². The largest absolute Gasteiger partial charge is 0.480 e. The van der Waals surface area contributed by atoms with E-state index in [4.69, 9.17) is 0 Å². The van der Waals surface area contributed by atoms with Crippen LogP contribution in [-0.2, 0) is 11.2 Å². The van der Waals surface area contributed by atoms with E-state index in [1.54, 1.807) is 23.0 Å². The second kappa shape index (κ2) is 4.47. The number of amides is 1. The number of carbonyl (C=O) groups is 2. The molecule has 0 saturated heterocycles. The van der Waals surface area contributed by atoms with Gasteiger partial charge in [0, 0.05) is 17.5 Å². The lowest BCUT2D eigenvalue weighted by molar-refractivity contribution is -0.138. The van der Waals surface area contributed by atoms with Crippen molar-refractivity contribution >= 4 is 28.9 Å². The molecule has 0 radical (unpaired) electrons. The molecule has 96 valence electrons. The molecule has 1 N–H and O–H groups in total. The van der Waals surface area contributed by atoms with Crippen LogP contribution in [0.25, 0.3) is 0 Å². The first kappa shape index (κ1) is 11.9. The Hall–Kier alpha value is -2.21. The minimum atomic E-state index is -1.00. The Balaban J connectivity index is 2.05. The second-order valence-electron chi connectivity index (χ2n) is 4.24. The quantitative estimate of drug-likeness (QED) is 0.906. The summed E-state index contributed by atoms with van der Waals surface area (Å²) < 4.78 is 0. The van der Waals surface area contributed by atoms with Gasteiger partial charge in [-0.05, 0) is 11.6 Å². The van der Waals surface area contributed by atoms with E-state index in [1.807, 2.05) is 12.1 Å². The number of hydrogen-bond acceptors (Lipinski definition) is 4. The van der Waals surface area contributed by atoms with Gasteiger partial charge in [0.2, 0.25) is 0 Å². The smallest absolute Gasteiger partial charge is 0.327 e. The summed E-state index contributed by atoms with van der Waals surface area (Å²) in [5.74, 6) is -1.36. The first-order valence-corrected chi connectivity index (χ1v) is 6.65. The zero-order chi connectivity index (χ0) is 13.4. The SMILES string of the molecule is O=C(O)C1Cc2ccccc2N1C(=O)c1cscn1. The lowest BCUT2D eigenvalue weighted by atomic mass is 10.1. The summed E-state index contributed by atoms with van der Waals surface area (Å²) in [5.41, 5.74) is 3.38. The highest BCUT2D eigenvalue weighted by Gasteiger charge is 2.39. The molecule has 2 aromatic rings. The van der Waals surface area contributed by atoms with Crippen LogP contribution in [-0.4, -0.2) is 28.0 Å². The fourth-order valence-electron chi connectivity index (χ4n) is 2.28. The fraction of sp³-hybridized carbons (Fsp3) is 0.154. The molecule has 1 aromatic heterocycles. The molecule has 0 saturated carbocycles. The predicted octanol–water partition coefficient (Wildman–Crippen LogP) is 1.80. The van der Waals surface area contributed by atoms with Crippen LogP contribution in [0.15, 0.2) is 35.2 Å². The van der Waals surface area contributed by atoms with Crippen molar-refractivity contribution in [1.29, 1.82) is 0 Å². The molecule has 1 aromatic carbocycles. The van der Waals surface area contributed by atoms with E-state index in [-0.39, 0.29) is 11.6 Å². The van der Waals surface area contributed by atoms with Gasteiger partial charge in [-0.2, -0.15) is 0 Å². The van der Waals surface area contributed by atoms with Crippen LogP contribution < -0.4 is 4.90 Å². The first-order chi connectivity index (χ1) is 9.18. The average Bonchev–Trinajstić information content (AvgIpc) is 3.05. The van der Waals surface area contributed by atoms with E-state index >= 15 is 0 Å². The zero-order valence-electron chi connectivity index (χ0n) is 9.81. The molecule has 0 aliphatic carbocycles. The third-order valence-electron chi connectivity index (χ3n) is 3.13. The first-order valence-electron chi connectivity index (χ1n) is 5.71. The van der Waals surface area contributed by atoms with Gasteiger partial charge in [0.05, 0.1) is 5.51 Å². The number of nitrogens with zero attached hydrogens (tertiary/aromatic N) is 2. The number of thiazole rings is 1. The number of fused-ring (bicyclic) bond motifs is 1. The topological polar surface area (TPSA) is 70.5 Å². The van der Waals surface area contributed by atoms with E-state index in [0.717, 1.165) is 5.56 Å². The maximum Gasteiger partial charge on any atom is 0.327 e. The van der Waals surface area contributed by atoms with Crippen molar-refractivity contribution in [3.63, 3.8) is 0 Å². The number of carbonyl (C=O) groups excluding carboxylic acids is 1. The van der Waals surface area contributed by atoms with Crippen LogP contribution in [0.4, 0.5) is 5.69 Å². The average molecular weight is 274 g/mol. The molecular weight excluding hydrogens is 264 g/mol. The Morgan fingerprint density at radius 2 is 2.16 bits per heavy atom. The Morgan fingerprint density at radius 3 is 2.84 bits per heavy atom. The maximum atomic E-state index is 12.4. The van der Waals surface area contributed by atoms with Gasteiger partial charge < -0.3 is 5.11 Å². The van der Waals surface area contributed by atoms with Crippen molar-refractivity contribution < 1.29 is 14.7 Å². The minimum Gasteiger partial charge on any atom is -0.480 e. The fourth-order valence-corrected chi connectivity index (χ4v) is 2.80. The number of para-hydroxylation sites is 1. The molecule has 0 bridgehead atoms. The Morgan fingerprint density at radius 1 is 1.37 bits per heavy atom. The third kappa shape index (κ3) is 1.90. The molecule has 0 fully saturated rings. The summed E-state index contributed by atoms with van der Waals surface area (Å²) in [5, 5.41) is 10.9. The van der Waals surface area contributed by atoms with Crippen molar-refractivity contribution in [2.75, 3.05) is 4.90 Å². The highest BCUT2D eigenvalue weighted by Crippen LogP contribution is 2.33. The van der Waals surface area contributed by atoms with E-state index in [0.29, 0.717) is 12.1 Å². The van der Waals surface area contributed by atoms with E-state index in [2.05, 4.69) is 4.98 Å². The summed E-state index contributed by atoms with van der Waals surface area (Å²) in [6.45, 7) is 0. The van der Waals surface area contributed by atoms with Crippen molar-refractivity contribution in [2.24, 2.45) is 0 Å². The normalized spacial score (nSPS) is 17.3. The van der Waals surface area contributed by atoms with Crippen molar-refractivity contribution in [3.05, 3.63) is 46.4 Å². The summed E-state index contributed by atoms with van der Waals surface area (Å²) in [6, 6.07) is 6.40. The van der Waals surface area contributed by atoms with E-state index < -0.39 is 12.0 Å². The number of aliphatic carboxylic acids is 1. The molecule has 5 nitrogen and oxygen atoms in total. The molecule has 1 amide bonds. The molecule has 2 heterocycles. The number of carboxylic acids is 1. The lowest BCUT2D eigenvalue weighted by Gasteiger charge is -2.21. The molecule has 1 atom stereocenters. The number of benzene rings is 1. The number of carboxylic acid groups (broad SMARTS) is 1. The summed E-state index contributed by atoms with van der Waals surface area (Å²) in [6.07, 6.45) is 0.335. The molecule has 19 heavy (non-hydrogen) atoms. The van der Waals surface area contributed by atoms with Gasteiger partial charge >= 0.3 is 5.97 Å². The number of rotatable bonds is 2. The number of hydrogen-bond donors (Lipinski definition) is 1. The van der Waals surface area contributed by atoms with Crippen molar-refractivity contribution in [1.82, 2.24) is 4.98 Å². The van der Waals surface area contributed by atoms with Crippen LogP contribution in [0.5, 0.6) is 0 Å². The highest BCUT2D eigenvalue weighted by atomic mass is 32.1. The van der Waals surface area contributed by atoms with Gasteiger partial charge in [0.25, 0.3) is 5.91 Å². The van der Waals surface area contributed by atoms with Crippen LogP contribution in [0.2, 0.25) is 0 Å². The highest BCUT2D eigenvalue weighted by molar-refractivity contribution is 7.07. The van der Waals surface area contributed by atoms with Gasteiger partial charge in [-0.3, -0.25) is 9.69 Å². The standard InChI is InChI=1S/C13H10N2O3S/c16-12(9-6-19-7-14-9)15-10-4-2-1-3-8(10)5-11(15)13(17)18/h1-4,6-7,11H,5H2,(H,17,18). The summed E-state index contributed by atoms with van der Waals surface area (Å²) >= 11 is 1.31. The molecule has 0 spiro atoms. The Bertz CT molecular complexity index is 639. The molecule has 6 heteroatoms. The van der Waals surface area contributed by atoms with Gasteiger partial charge in [0.1, 0.15) is 11.7 Å². The number of aromatic nitrogens is 1. The molecule has 1 aliphatic heterocycles. The Kier molecular flexibility index (Phi) is 2.79. The van der Waals surface area contributed by atoms with Crippen LogP contribution in [0.3, 0.4) is 0 Å². The van der Waals surface area contributed by atoms with Crippen molar-refractivity contribution in [3.8, 4) is 0 Å². The lowest BCUT2D eigenvalue weighted by Crippen LogP contribution is -2.43. The Labute approximate surface area is 113 Å². The zero-order valence-corrected chi connectivity index (χ0v) is 10.6. The maximum absolute atomic E-state index is 12.4. The molecule has 3 rings (SSSR count). The van der Waals surface area contributed by atoms with Crippen LogP contribution >= 0.6 is 11.3 Å². The van der Waals surface area contributed by atoms with E-state index in [1.165, 1.54) is 16.2 Å². The predicted molar refractivity (Wildman–Crippen MR) is 70.5 cm³/mol. The summed E-state index contributed by atoms with van der Waals surface area (Å²) in [7, 11) is 0. The second-order valence-corrected chi connectivity index (χ2v) is 4.95.